The highest BCUT2D eigenvalue weighted by atomic mass is 32.1. The second-order valence-corrected chi connectivity index (χ2v) is 9.62. The van der Waals surface area contributed by atoms with E-state index in [9.17, 15) is 9.59 Å². The van der Waals surface area contributed by atoms with Crippen LogP contribution in [-0.2, 0) is 17.6 Å². The molecule has 2 aliphatic rings. The van der Waals surface area contributed by atoms with Crippen LogP contribution >= 0.6 is 11.3 Å². The molecule has 2 heterocycles. The third-order valence-corrected chi connectivity index (χ3v) is 6.22. The molecule has 3 rings (SSSR count). The summed E-state index contributed by atoms with van der Waals surface area (Å²) in [7, 11) is 0. The number of nitrogens with zero attached hydrogens (tertiary/aromatic N) is 2. The maximum atomic E-state index is 12.9. The van der Waals surface area contributed by atoms with Gasteiger partial charge in [0.15, 0.2) is 0 Å². The number of carbonyl (C=O) groups is 2. The molecule has 6 heteroatoms. The average Bonchev–Trinajstić information content (AvgIpc) is 2.84. The predicted molar refractivity (Wildman–Crippen MR) is 106 cm³/mol. The van der Waals surface area contributed by atoms with Crippen LogP contribution in [0.15, 0.2) is 6.07 Å². The lowest BCUT2D eigenvalue weighted by atomic mass is 10.1. The fourth-order valence-electron chi connectivity index (χ4n) is 3.70. The van der Waals surface area contributed by atoms with Crippen molar-refractivity contribution in [3.63, 3.8) is 0 Å². The van der Waals surface area contributed by atoms with Crippen molar-refractivity contribution in [1.29, 1.82) is 0 Å². The number of nitrogens with one attached hydrogen (secondary N) is 1. The van der Waals surface area contributed by atoms with Crippen LogP contribution in [0.5, 0.6) is 0 Å². The van der Waals surface area contributed by atoms with Crippen LogP contribution in [0.3, 0.4) is 0 Å². The molecule has 1 aromatic heterocycles. The summed E-state index contributed by atoms with van der Waals surface area (Å²) in [5.41, 5.74) is 1.19. The minimum atomic E-state index is -0.202. The molecule has 1 aliphatic heterocycles. The van der Waals surface area contributed by atoms with Crippen LogP contribution in [0.25, 0.3) is 0 Å². The lowest BCUT2D eigenvalue weighted by molar-refractivity contribution is -0.124. The molecule has 0 bridgehead atoms. The zero-order chi connectivity index (χ0) is 18.7. The minimum absolute atomic E-state index is 0.0549. The van der Waals surface area contributed by atoms with E-state index in [-0.39, 0.29) is 17.4 Å². The monoisotopic (exact) mass is 377 g/mol. The number of piperazine rings is 1. The maximum absolute atomic E-state index is 12.9. The van der Waals surface area contributed by atoms with Gasteiger partial charge in [-0.1, -0.05) is 6.42 Å². The van der Waals surface area contributed by atoms with Gasteiger partial charge in [-0.25, -0.2) is 0 Å². The molecule has 1 N–H and O–H groups in total. The lowest BCUT2D eigenvalue weighted by Crippen LogP contribution is -2.52. The Morgan fingerprint density at radius 2 is 1.77 bits per heavy atom. The van der Waals surface area contributed by atoms with Gasteiger partial charge in [0.1, 0.15) is 0 Å². The Morgan fingerprint density at radius 3 is 2.46 bits per heavy atom. The Hall–Kier alpha value is -1.40. The summed E-state index contributed by atoms with van der Waals surface area (Å²) in [5, 5.41) is 3.00. The number of hydrogen-bond acceptors (Lipinski definition) is 4. The first-order valence-electron chi connectivity index (χ1n) is 9.76. The molecule has 0 unspecified atom stereocenters. The van der Waals surface area contributed by atoms with E-state index in [1.807, 2.05) is 25.7 Å². The third-order valence-electron chi connectivity index (χ3n) is 5.00. The van der Waals surface area contributed by atoms with E-state index in [0.29, 0.717) is 19.6 Å². The van der Waals surface area contributed by atoms with E-state index < -0.39 is 0 Å². The number of thiophene rings is 1. The number of fused-ring (bicyclic) bond motifs is 1. The van der Waals surface area contributed by atoms with Crippen molar-refractivity contribution in [2.75, 3.05) is 32.7 Å². The fourth-order valence-corrected chi connectivity index (χ4v) is 4.92. The van der Waals surface area contributed by atoms with E-state index in [4.69, 9.17) is 0 Å². The van der Waals surface area contributed by atoms with Gasteiger partial charge in [-0.3, -0.25) is 14.5 Å². The fraction of sp³-hybridized carbons (Fsp3) is 0.700. The summed E-state index contributed by atoms with van der Waals surface area (Å²) in [4.78, 5) is 31.3. The van der Waals surface area contributed by atoms with Gasteiger partial charge in [-0.15, -0.1) is 11.3 Å². The topological polar surface area (TPSA) is 52.7 Å². The normalized spacial score (nSPS) is 19.0. The van der Waals surface area contributed by atoms with E-state index in [1.165, 1.54) is 29.7 Å². The molecule has 2 amide bonds. The largest absolute Gasteiger partial charge is 0.350 e. The van der Waals surface area contributed by atoms with Crippen molar-refractivity contribution in [2.24, 2.45) is 0 Å². The zero-order valence-corrected chi connectivity index (χ0v) is 17.1. The Kier molecular flexibility index (Phi) is 6.03. The molecule has 1 aliphatic carbocycles. The van der Waals surface area contributed by atoms with Crippen LogP contribution < -0.4 is 5.32 Å². The summed E-state index contributed by atoms with van der Waals surface area (Å²) >= 11 is 1.70. The SMILES string of the molecule is CC(C)(C)NC(=O)CN1CCN(C(=O)c2cc3c(s2)CCCCC3)CC1. The molecule has 0 atom stereocenters. The summed E-state index contributed by atoms with van der Waals surface area (Å²) < 4.78 is 0. The summed E-state index contributed by atoms with van der Waals surface area (Å²) in [5.74, 6) is 0.223. The van der Waals surface area contributed by atoms with E-state index in [0.717, 1.165) is 30.8 Å². The molecule has 1 fully saturated rings. The smallest absolute Gasteiger partial charge is 0.264 e. The lowest BCUT2D eigenvalue weighted by Gasteiger charge is -2.34. The molecule has 0 radical (unpaired) electrons. The molecule has 5 nitrogen and oxygen atoms in total. The van der Waals surface area contributed by atoms with Gasteiger partial charge in [0.2, 0.25) is 5.91 Å². The summed E-state index contributed by atoms with van der Waals surface area (Å²) in [6.45, 7) is 9.29. The highest BCUT2D eigenvalue weighted by molar-refractivity contribution is 7.14. The van der Waals surface area contributed by atoms with Gasteiger partial charge in [0.05, 0.1) is 11.4 Å². The van der Waals surface area contributed by atoms with Gasteiger partial charge >= 0.3 is 0 Å². The van der Waals surface area contributed by atoms with Gasteiger partial charge < -0.3 is 10.2 Å². The highest BCUT2D eigenvalue weighted by Crippen LogP contribution is 2.29. The van der Waals surface area contributed by atoms with Gasteiger partial charge in [0.25, 0.3) is 5.91 Å². The molecule has 1 aromatic rings. The number of rotatable bonds is 3. The van der Waals surface area contributed by atoms with Crippen molar-refractivity contribution in [3.8, 4) is 0 Å². The molecule has 144 valence electrons. The van der Waals surface area contributed by atoms with Crippen LogP contribution in [-0.4, -0.2) is 59.9 Å². The van der Waals surface area contributed by atoms with Crippen LogP contribution in [0.4, 0.5) is 0 Å². The first-order chi connectivity index (χ1) is 12.3. The molecular weight excluding hydrogens is 346 g/mol. The Morgan fingerprint density at radius 1 is 1.08 bits per heavy atom. The molecular formula is C20H31N3O2S. The van der Waals surface area contributed by atoms with Crippen molar-refractivity contribution < 1.29 is 9.59 Å². The molecule has 1 saturated heterocycles. The van der Waals surface area contributed by atoms with Gasteiger partial charge in [-0.2, -0.15) is 0 Å². The minimum Gasteiger partial charge on any atom is -0.350 e. The zero-order valence-electron chi connectivity index (χ0n) is 16.3. The summed E-state index contributed by atoms with van der Waals surface area (Å²) in [6, 6.07) is 2.14. The van der Waals surface area contributed by atoms with Crippen molar-refractivity contribution in [1.82, 2.24) is 15.1 Å². The standard InChI is InChI=1S/C20H31N3O2S/c1-20(2,3)21-18(24)14-22-9-11-23(12-10-22)19(25)17-13-15-7-5-4-6-8-16(15)26-17/h13H,4-12,14H2,1-3H3,(H,21,24). The molecule has 26 heavy (non-hydrogen) atoms. The van der Waals surface area contributed by atoms with Gasteiger partial charge in [0, 0.05) is 36.6 Å². The molecule has 0 saturated carbocycles. The Bertz CT molecular complexity index is 631. The number of hydrogen-bond donors (Lipinski definition) is 1. The molecule has 0 spiro atoms. The average molecular weight is 378 g/mol. The highest BCUT2D eigenvalue weighted by Gasteiger charge is 2.26. The van der Waals surface area contributed by atoms with Crippen LogP contribution in [0, 0.1) is 0 Å². The Labute approximate surface area is 160 Å². The maximum Gasteiger partial charge on any atom is 0.264 e. The predicted octanol–water partition coefficient (Wildman–Crippen LogP) is 2.69. The number of carbonyl (C=O) groups excluding carboxylic acids is 2. The van der Waals surface area contributed by atoms with Crippen LogP contribution in [0.2, 0.25) is 0 Å². The second kappa shape index (κ2) is 8.09. The van der Waals surface area contributed by atoms with Crippen molar-refractivity contribution in [2.45, 2.75) is 58.4 Å². The van der Waals surface area contributed by atoms with E-state index in [2.05, 4.69) is 16.3 Å². The van der Waals surface area contributed by atoms with Crippen molar-refractivity contribution in [3.05, 3.63) is 21.4 Å². The molecule has 0 aromatic carbocycles. The third kappa shape index (κ3) is 5.07. The number of amides is 2. The second-order valence-electron chi connectivity index (χ2n) is 8.49. The van der Waals surface area contributed by atoms with E-state index in [1.54, 1.807) is 11.3 Å². The van der Waals surface area contributed by atoms with Crippen LogP contribution in [0.1, 0.15) is 60.1 Å². The summed E-state index contributed by atoms with van der Waals surface area (Å²) in [6.07, 6.45) is 6.04. The quantitative estimate of drug-likeness (QED) is 0.824. The first kappa shape index (κ1) is 19.4. The van der Waals surface area contributed by atoms with E-state index >= 15 is 0 Å². The first-order valence-corrected chi connectivity index (χ1v) is 10.6. The number of aryl methyl sites for hydroxylation is 2. The Balaban J connectivity index is 1.52. The van der Waals surface area contributed by atoms with Gasteiger partial charge in [-0.05, 0) is 58.1 Å². The van der Waals surface area contributed by atoms with Crippen molar-refractivity contribution >= 4 is 23.2 Å².